The number of imide groups is 2. The lowest BCUT2D eigenvalue weighted by molar-refractivity contribution is -0.124. The van der Waals surface area contributed by atoms with E-state index in [1.807, 2.05) is 6.07 Å². The minimum absolute atomic E-state index is 0.0138. The molecule has 1 saturated carbocycles. The number of amides is 4. The van der Waals surface area contributed by atoms with Crippen LogP contribution in [0.3, 0.4) is 0 Å². The third-order valence-corrected chi connectivity index (χ3v) is 4.85. The van der Waals surface area contributed by atoms with Gasteiger partial charge in [-0.3, -0.25) is 20.2 Å². The number of barbiturate groups is 1. The van der Waals surface area contributed by atoms with E-state index < -0.39 is 23.8 Å². The second kappa shape index (κ2) is 8.79. The van der Waals surface area contributed by atoms with Crippen LogP contribution in [0.15, 0.2) is 35.9 Å². The average molecular weight is 386 g/mol. The highest BCUT2D eigenvalue weighted by molar-refractivity contribution is 6.28. The predicted octanol–water partition coefficient (Wildman–Crippen LogP) is 1.84. The van der Waals surface area contributed by atoms with Gasteiger partial charge >= 0.3 is 12.0 Å². The van der Waals surface area contributed by atoms with Crippen LogP contribution in [-0.2, 0) is 25.7 Å². The largest absolute Gasteiger partial charge is 0.465 e. The van der Waals surface area contributed by atoms with E-state index in [-0.39, 0.29) is 17.6 Å². The molecule has 0 aromatic heterocycles. The molecule has 2 atom stereocenters. The summed E-state index contributed by atoms with van der Waals surface area (Å²) in [5, 5.41) is 4.16. The van der Waals surface area contributed by atoms with Crippen LogP contribution in [-0.4, -0.2) is 37.0 Å². The Labute approximate surface area is 162 Å². The molecule has 1 aromatic rings. The van der Waals surface area contributed by atoms with Gasteiger partial charge in [-0.05, 0) is 42.9 Å². The fourth-order valence-corrected chi connectivity index (χ4v) is 3.47. The van der Waals surface area contributed by atoms with E-state index in [0.717, 1.165) is 24.8 Å². The lowest BCUT2D eigenvalue weighted by Gasteiger charge is -2.28. The van der Waals surface area contributed by atoms with Gasteiger partial charge in [0.2, 0.25) is 0 Å². The quantitative estimate of drug-likeness (QED) is 0.454. The number of nitrogens with one attached hydrogen (secondary N) is 2. The van der Waals surface area contributed by atoms with Crippen molar-refractivity contribution in [3.05, 3.63) is 47.0 Å². The molecule has 1 saturated heterocycles. The molecular weight excluding hydrogens is 364 g/mol. The number of esters is 1. The van der Waals surface area contributed by atoms with Gasteiger partial charge in [-0.1, -0.05) is 24.6 Å². The average Bonchev–Trinajstić information content (AvgIpc) is 2.69. The summed E-state index contributed by atoms with van der Waals surface area (Å²) in [6, 6.07) is 6.28. The van der Waals surface area contributed by atoms with E-state index in [2.05, 4.69) is 10.6 Å². The van der Waals surface area contributed by atoms with Crippen LogP contribution in [0, 0.1) is 5.92 Å². The highest BCUT2D eigenvalue weighted by Crippen LogP contribution is 2.29. The maximum Gasteiger partial charge on any atom is 0.337 e. The van der Waals surface area contributed by atoms with E-state index in [1.54, 1.807) is 24.3 Å². The van der Waals surface area contributed by atoms with Gasteiger partial charge in [-0.25, -0.2) is 9.59 Å². The molecule has 1 heterocycles. The standard InChI is InChI=1S/C20H22N2O6/c1-27-19(25)14-6-2-5-13(8-14)11-28-15-7-3-4-12(9-15)10-16-17(23)21-20(26)22-18(16)24/h2,5-6,8,10,12,15H,3-4,7,9,11H2,1H3,(H2,21,22,23,24,26). The highest BCUT2D eigenvalue weighted by Gasteiger charge is 2.30. The SMILES string of the molecule is COC(=O)c1cccc(COC2CCCC(C=C3C(=O)NC(=O)NC3=O)C2)c1. The van der Waals surface area contributed by atoms with Crippen LogP contribution in [0.2, 0.25) is 0 Å². The van der Waals surface area contributed by atoms with Crippen LogP contribution in [0.5, 0.6) is 0 Å². The van der Waals surface area contributed by atoms with Crippen molar-refractivity contribution in [2.45, 2.75) is 38.4 Å². The summed E-state index contributed by atoms with van der Waals surface area (Å²) < 4.78 is 10.7. The van der Waals surface area contributed by atoms with Crippen LogP contribution < -0.4 is 10.6 Å². The number of allylic oxidation sites excluding steroid dienone is 1. The first-order valence-corrected chi connectivity index (χ1v) is 9.13. The number of hydrogen-bond acceptors (Lipinski definition) is 6. The topological polar surface area (TPSA) is 111 Å². The van der Waals surface area contributed by atoms with Gasteiger partial charge in [0.1, 0.15) is 5.57 Å². The fourth-order valence-electron chi connectivity index (χ4n) is 3.47. The number of carbonyl (C=O) groups is 4. The molecule has 0 spiro atoms. The van der Waals surface area contributed by atoms with Gasteiger partial charge < -0.3 is 9.47 Å². The monoisotopic (exact) mass is 386 g/mol. The van der Waals surface area contributed by atoms with Gasteiger partial charge in [0, 0.05) is 0 Å². The third-order valence-electron chi connectivity index (χ3n) is 4.85. The number of rotatable bonds is 5. The van der Waals surface area contributed by atoms with Gasteiger partial charge in [-0.15, -0.1) is 0 Å². The van der Waals surface area contributed by atoms with E-state index >= 15 is 0 Å². The summed E-state index contributed by atoms with van der Waals surface area (Å²) in [5.41, 5.74) is 1.31. The number of carbonyl (C=O) groups excluding carboxylic acids is 4. The Morgan fingerprint density at radius 1 is 1.18 bits per heavy atom. The van der Waals surface area contributed by atoms with Crippen molar-refractivity contribution in [3.63, 3.8) is 0 Å². The predicted molar refractivity (Wildman–Crippen MR) is 98.1 cm³/mol. The molecule has 8 nitrogen and oxygen atoms in total. The molecule has 28 heavy (non-hydrogen) atoms. The highest BCUT2D eigenvalue weighted by atomic mass is 16.5. The minimum atomic E-state index is -0.800. The van der Waals surface area contributed by atoms with Crippen LogP contribution in [0.4, 0.5) is 4.79 Å². The molecule has 8 heteroatoms. The number of methoxy groups -OCH3 is 1. The van der Waals surface area contributed by atoms with Gasteiger partial charge in [0.05, 0.1) is 25.4 Å². The summed E-state index contributed by atoms with van der Waals surface area (Å²) in [6.45, 7) is 0.355. The molecule has 2 unspecified atom stereocenters. The molecule has 2 N–H and O–H groups in total. The molecule has 2 fully saturated rings. The minimum Gasteiger partial charge on any atom is -0.465 e. The molecule has 1 aliphatic heterocycles. The zero-order valence-corrected chi connectivity index (χ0v) is 15.5. The Kier molecular flexibility index (Phi) is 6.20. The normalized spacial score (nSPS) is 22.3. The smallest absolute Gasteiger partial charge is 0.337 e. The Balaban J connectivity index is 1.59. The lowest BCUT2D eigenvalue weighted by atomic mass is 9.85. The van der Waals surface area contributed by atoms with Crippen molar-refractivity contribution in [1.82, 2.24) is 10.6 Å². The van der Waals surface area contributed by atoms with Gasteiger partial charge in [-0.2, -0.15) is 0 Å². The zero-order chi connectivity index (χ0) is 20.1. The van der Waals surface area contributed by atoms with Crippen LogP contribution in [0.1, 0.15) is 41.6 Å². The Morgan fingerprint density at radius 3 is 2.64 bits per heavy atom. The van der Waals surface area contributed by atoms with Crippen molar-refractivity contribution in [2.75, 3.05) is 7.11 Å². The number of ether oxygens (including phenoxy) is 2. The Morgan fingerprint density at radius 2 is 1.93 bits per heavy atom. The van der Waals surface area contributed by atoms with E-state index in [1.165, 1.54) is 7.11 Å². The van der Waals surface area contributed by atoms with E-state index in [0.29, 0.717) is 18.6 Å². The van der Waals surface area contributed by atoms with Crippen LogP contribution in [0.25, 0.3) is 0 Å². The summed E-state index contributed by atoms with van der Waals surface area (Å²) in [4.78, 5) is 46.5. The third kappa shape index (κ3) is 4.83. The molecule has 2 aliphatic rings. The van der Waals surface area contributed by atoms with Crippen molar-refractivity contribution in [2.24, 2.45) is 5.92 Å². The van der Waals surface area contributed by atoms with Crippen molar-refractivity contribution >= 4 is 23.8 Å². The number of benzene rings is 1. The lowest BCUT2D eigenvalue weighted by Crippen LogP contribution is -2.51. The fraction of sp³-hybridized carbons (Fsp3) is 0.400. The van der Waals surface area contributed by atoms with E-state index in [9.17, 15) is 19.2 Å². The van der Waals surface area contributed by atoms with Crippen molar-refractivity contribution in [1.29, 1.82) is 0 Å². The molecule has 0 radical (unpaired) electrons. The van der Waals surface area contributed by atoms with Crippen LogP contribution >= 0.6 is 0 Å². The maximum absolute atomic E-state index is 11.9. The van der Waals surface area contributed by atoms with Crippen molar-refractivity contribution in [3.8, 4) is 0 Å². The van der Waals surface area contributed by atoms with Crippen molar-refractivity contribution < 1.29 is 28.7 Å². The molecule has 1 aromatic carbocycles. The summed E-state index contributed by atoms with van der Waals surface area (Å²) in [5.74, 6) is -1.72. The molecule has 148 valence electrons. The van der Waals surface area contributed by atoms with Gasteiger partial charge in [0.15, 0.2) is 0 Å². The summed E-state index contributed by atoms with van der Waals surface area (Å²) in [7, 11) is 1.34. The molecule has 4 amide bonds. The first kappa shape index (κ1) is 19.8. The zero-order valence-electron chi connectivity index (χ0n) is 15.5. The summed E-state index contributed by atoms with van der Waals surface area (Å²) >= 11 is 0. The molecule has 1 aliphatic carbocycles. The number of hydrogen-bond donors (Lipinski definition) is 2. The first-order chi connectivity index (χ1) is 13.5. The number of urea groups is 1. The van der Waals surface area contributed by atoms with E-state index in [4.69, 9.17) is 9.47 Å². The second-order valence-electron chi connectivity index (χ2n) is 6.87. The molecular formula is C20H22N2O6. The van der Waals surface area contributed by atoms with Gasteiger partial charge in [0.25, 0.3) is 11.8 Å². The Bertz CT molecular complexity index is 810. The second-order valence-corrected chi connectivity index (χ2v) is 6.87. The Hall–Kier alpha value is -3.00. The molecule has 3 rings (SSSR count). The molecule has 0 bridgehead atoms. The maximum atomic E-state index is 11.9. The first-order valence-electron chi connectivity index (χ1n) is 9.13. The summed E-state index contributed by atoms with van der Waals surface area (Å²) in [6.07, 6.45) is 4.92.